The van der Waals surface area contributed by atoms with E-state index in [-0.39, 0.29) is 5.75 Å². The van der Waals surface area contributed by atoms with Crippen LogP contribution in [0, 0.1) is 6.92 Å². The highest BCUT2D eigenvalue weighted by molar-refractivity contribution is 5.83. The molecule has 82 valence electrons. The first kappa shape index (κ1) is 10.2. The SMILES string of the molecule is Cc1cn(N=Cc2ccccc2O)c(N)n1. The van der Waals surface area contributed by atoms with Gasteiger partial charge in [0.05, 0.1) is 18.1 Å². The van der Waals surface area contributed by atoms with E-state index in [4.69, 9.17) is 5.73 Å². The molecule has 1 aromatic carbocycles. The number of aromatic nitrogens is 2. The number of aromatic hydroxyl groups is 1. The lowest BCUT2D eigenvalue weighted by Gasteiger charge is -1.97. The molecule has 5 heteroatoms. The number of aryl methyl sites for hydroxylation is 1. The van der Waals surface area contributed by atoms with Gasteiger partial charge in [-0.2, -0.15) is 5.10 Å². The van der Waals surface area contributed by atoms with Crippen molar-refractivity contribution in [1.82, 2.24) is 9.66 Å². The van der Waals surface area contributed by atoms with Gasteiger partial charge in [0, 0.05) is 5.56 Å². The van der Waals surface area contributed by atoms with Crippen LogP contribution in [0.5, 0.6) is 5.75 Å². The Bertz CT molecular complexity index is 531. The summed E-state index contributed by atoms with van der Waals surface area (Å²) in [6, 6.07) is 6.94. The first-order chi connectivity index (χ1) is 7.66. The van der Waals surface area contributed by atoms with Crippen LogP contribution in [0.2, 0.25) is 0 Å². The lowest BCUT2D eigenvalue weighted by molar-refractivity contribution is 0.474. The molecule has 0 aliphatic carbocycles. The fourth-order valence-corrected chi connectivity index (χ4v) is 1.32. The van der Waals surface area contributed by atoms with E-state index in [9.17, 15) is 5.11 Å². The predicted molar refractivity (Wildman–Crippen MR) is 62.5 cm³/mol. The number of benzene rings is 1. The van der Waals surface area contributed by atoms with Crippen molar-refractivity contribution in [2.24, 2.45) is 5.10 Å². The Kier molecular flexibility index (Phi) is 2.59. The van der Waals surface area contributed by atoms with Crippen LogP contribution in [0.4, 0.5) is 5.95 Å². The first-order valence-corrected chi connectivity index (χ1v) is 4.80. The van der Waals surface area contributed by atoms with Gasteiger partial charge < -0.3 is 10.8 Å². The molecule has 1 aromatic heterocycles. The smallest absolute Gasteiger partial charge is 0.221 e. The van der Waals surface area contributed by atoms with Crippen LogP contribution in [-0.2, 0) is 0 Å². The number of nitrogens with two attached hydrogens (primary N) is 1. The van der Waals surface area contributed by atoms with E-state index >= 15 is 0 Å². The van der Waals surface area contributed by atoms with E-state index in [0.29, 0.717) is 11.5 Å². The van der Waals surface area contributed by atoms with E-state index in [1.165, 1.54) is 10.9 Å². The maximum absolute atomic E-state index is 9.52. The van der Waals surface area contributed by atoms with Crippen LogP contribution in [-0.4, -0.2) is 21.0 Å². The second-order valence-electron chi connectivity index (χ2n) is 3.39. The van der Waals surface area contributed by atoms with Gasteiger partial charge in [-0.25, -0.2) is 9.66 Å². The molecule has 0 atom stereocenters. The van der Waals surface area contributed by atoms with Gasteiger partial charge in [-0.3, -0.25) is 0 Å². The molecule has 0 aliphatic rings. The number of anilines is 1. The van der Waals surface area contributed by atoms with Crippen molar-refractivity contribution in [3.63, 3.8) is 0 Å². The molecule has 16 heavy (non-hydrogen) atoms. The Balaban J connectivity index is 2.28. The Labute approximate surface area is 92.9 Å². The van der Waals surface area contributed by atoms with Crippen molar-refractivity contribution >= 4 is 12.2 Å². The van der Waals surface area contributed by atoms with E-state index in [2.05, 4.69) is 10.1 Å². The highest BCUT2D eigenvalue weighted by Gasteiger charge is 1.99. The molecule has 0 amide bonds. The Morgan fingerprint density at radius 2 is 2.19 bits per heavy atom. The summed E-state index contributed by atoms with van der Waals surface area (Å²) in [5.41, 5.74) is 7.05. The fraction of sp³-hybridized carbons (Fsp3) is 0.0909. The zero-order valence-electron chi connectivity index (χ0n) is 8.83. The highest BCUT2D eigenvalue weighted by Crippen LogP contribution is 2.13. The number of para-hydroxylation sites is 1. The summed E-state index contributed by atoms with van der Waals surface area (Å²) >= 11 is 0. The van der Waals surface area contributed by atoms with Gasteiger partial charge >= 0.3 is 0 Å². The number of rotatable bonds is 2. The second kappa shape index (κ2) is 4.06. The first-order valence-electron chi connectivity index (χ1n) is 4.80. The van der Waals surface area contributed by atoms with Crippen molar-refractivity contribution in [3.05, 3.63) is 41.7 Å². The van der Waals surface area contributed by atoms with Crippen molar-refractivity contribution in [2.45, 2.75) is 6.92 Å². The third-order valence-corrected chi connectivity index (χ3v) is 2.09. The number of imidazole rings is 1. The van der Waals surface area contributed by atoms with Crippen molar-refractivity contribution in [2.75, 3.05) is 5.73 Å². The molecule has 0 radical (unpaired) electrons. The summed E-state index contributed by atoms with van der Waals surface area (Å²) in [4.78, 5) is 4.01. The van der Waals surface area contributed by atoms with Crippen molar-refractivity contribution in [1.29, 1.82) is 0 Å². The van der Waals surface area contributed by atoms with Crippen LogP contribution in [0.3, 0.4) is 0 Å². The monoisotopic (exact) mass is 216 g/mol. The third kappa shape index (κ3) is 2.03. The van der Waals surface area contributed by atoms with Crippen LogP contribution in [0.15, 0.2) is 35.6 Å². The number of phenols is 1. The molecule has 0 aliphatic heterocycles. The predicted octanol–water partition coefficient (Wildman–Crippen LogP) is 1.36. The summed E-state index contributed by atoms with van der Waals surface area (Å²) in [7, 11) is 0. The standard InChI is InChI=1S/C11H12N4O/c1-8-7-15(11(12)14-8)13-6-9-4-2-3-5-10(9)16/h2-7,16H,1H3,(H2,12,14). The molecular weight excluding hydrogens is 204 g/mol. The van der Waals surface area contributed by atoms with E-state index in [1.807, 2.05) is 13.0 Å². The third-order valence-electron chi connectivity index (χ3n) is 2.09. The average molecular weight is 216 g/mol. The number of nitrogen functional groups attached to an aromatic ring is 1. The summed E-state index contributed by atoms with van der Waals surface area (Å²) in [6.07, 6.45) is 3.25. The number of hydrogen-bond donors (Lipinski definition) is 2. The zero-order chi connectivity index (χ0) is 11.5. The van der Waals surface area contributed by atoms with Gasteiger partial charge in [-0.1, -0.05) is 12.1 Å². The van der Waals surface area contributed by atoms with E-state index < -0.39 is 0 Å². The molecule has 0 fully saturated rings. The Morgan fingerprint density at radius 3 is 2.81 bits per heavy atom. The molecule has 0 saturated carbocycles. The molecule has 2 rings (SSSR count). The quantitative estimate of drug-likeness (QED) is 0.744. The molecule has 3 N–H and O–H groups in total. The average Bonchev–Trinajstić information content (AvgIpc) is 2.56. The summed E-state index contributed by atoms with van der Waals surface area (Å²) in [6.45, 7) is 1.84. The lowest BCUT2D eigenvalue weighted by atomic mass is 10.2. The zero-order valence-corrected chi connectivity index (χ0v) is 8.83. The number of nitrogens with zero attached hydrogens (tertiary/aromatic N) is 3. The van der Waals surface area contributed by atoms with E-state index in [1.54, 1.807) is 24.4 Å². The number of phenolic OH excluding ortho intramolecular Hbond substituents is 1. The van der Waals surface area contributed by atoms with Crippen molar-refractivity contribution < 1.29 is 5.11 Å². The molecule has 2 aromatic rings. The minimum atomic E-state index is 0.182. The maximum Gasteiger partial charge on any atom is 0.221 e. The van der Waals surface area contributed by atoms with Gasteiger partial charge in [0.2, 0.25) is 5.95 Å². The molecule has 5 nitrogen and oxygen atoms in total. The maximum atomic E-state index is 9.52. The molecule has 0 saturated heterocycles. The largest absolute Gasteiger partial charge is 0.507 e. The molecule has 0 bridgehead atoms. The van der Waals surface area contributed by atoms with Crippen LogP contribution >= 0.6 is 0 Å². The highest BCUT2D eigenvalue weighted by atomic mass is 16.3. The van der Waals surface area contributed by atoms with Gasteiger partial charge in [0.15, 0.2) is 0 Å². The second-order valence-corrected chi connectivity index (χ2v) is 3.39. The lowest BCUT2D eigenvalue weighted by Crippen LogP contribution is -1.96. The summed E-state index contributed by atoms with van der Waals surface area (Å²) in [5, 5.41) is 13.6. The summed E-state index contributed by atoms with van der Waals surface area (Å²) in [5.74, 6) is 0.505. The fourth-order valence-electron chi connectivity index (χ4n) is 1.32. The van der Waals surface area contributed by atoms with Crippen LogP contribution < -0.4 is 5.73 Å². The molecule has 0 unspecified atom stereocenters. The topological polar surface area (TPSA) is 76.4 Å². The Morgan fingerprint density at radius 1 is 1.44 bits per heavy atom. The van der Waals surface area contributed by atoms with Crippen molar-refractivity contribution in [3.8, 4) is 5.75 Å². The molecule has 0 spiro atoms. The normalized spacial score (nSPS) is 11.1. The van der Waals surface area contributed by atoms with Gasteiger partial charge in [-0.05, 0) is 19.1 Å². The van der Waals surface area contributed by atoms with Gasteiger partial charge in [0.1, 0.15) is 5.75 Å². The van der Waals surface area contributed by atoms with Crippen LogP contribution in [0.25, 0.3) is 0 Å². The van der Waals surface area contributed by atoms with Gasteiger partial charge in [-0.15, -0.1) is 0 Å². The molecular formula is C11H12N4O. The minimum absolute atomic E-state index is 0.182. The number of hydrogen-bond acceptors (Lipinski definition) is 4. The summed E-state index contributed by atoms with van der Waals surface area (Å²) < 4.78 is 1.46. The minimum Gasteiger partial charge on any atom is -0.507 e. The van der Waals surface area contributed by atoms with Gasteiger partial charge in [0.25, 0.3) is 0 Å². The Hall–Kier alpha value is -2.30. The molecule has 1 heterocycles. The van der Waals surface area contributed by atoms with Crippen LogP contribution in [0.1, 0.15) is 11.3 Å². The van der Waals surface area contributed by atoms with E-state index in [0.717, 1.165) is 5.69 Å².